The first kappa shape index (κ1) is 14.4. The smallest absolute Gasteiger partial charge is 0.252 e. The Kier molecular flexibility index (Phi) is 5.88. The Hall–Kier alpha value is -0.650. The molecule has 0 saturated carbocycles. The molecule has 0 aromatic heterocycles. The molecule has 1 heterocycles. The Labute approximate surface area is 104 Å². The number of carbonyl (C=O) groups is 1. The Bertz CT molecular complexity index is 236. The third kappa shape index (κ3) is 3.66. The van der Waals surface area contributed by atoms with Crippen LogP contribution in [0.25, 0.3) is 0 Å². The molecule has 17 heavy (non-hydrogen) atoms. The number of nitrogens with two attached hydrogens (primary N) is 1. The highest BCUT2D eigenvalue weighted by Crippen LogP contribution is 2.16. The van der Waals surface area contributed by atoms with E-state index in [2.05, 4.69) is 11.8 Å². The highest BCUT2D eigenvalue weighted by Gasteiger charge is 2.28. The summed E-state index contributed by atoms with van der Waals surface area (Å²) in [5, 5.41) is 0. The van der Waals surface area contributed by atoms with Crippen molar-refractivity contribution in [1.29, 1.82) is 0 Å². The minimum atomic E-state index is -0.496. The van der Waals surface area contributed by atoms with Gasteiger partial charge in [-0.05, 0) is 19.4 Å². The lowest BCUT2D eigenvalue weighted by molar-refractivity contribution is -0.143. The second kappa shape index (κ2) is 6.93. The molecule has 1 saturated heterocycles. The normalized spacial score (nSPS) is 20.2. The first-order valence-corrected chi connectivity index (χ1v) is 6.35. The molecule has 0 aromatic rings. The molecule has 1 fully saturated rings. The number of methoxy groups -OCH3 is 1. The third-order valence-corrected chi connectivity index (χ3v) is 3.67. The minimum Gasteiger partial charge on any atom is -0.370 e. The SMILES string of the molecule is CCN1CCC(N(C)C(=O)C(CN)OC)CC1. The summed E-state index contributed by atoms with van der Waals surface area (Å²) in [7, 11) is 3.39. The van der Waals surface area contributed by atoms with E-state index in [0.717, 1.165) is 32.5 Å². The summed E-state index contributed by atoms with van der Waals surface area (Å²) in [5.74, 6) is 0.00458. The fraction of sp³-hybridized carbons (Fsp3) is 0.917. The average molecular weight is 243 g/mol. The van der Waals surface area contributed by atoms with E-state index in [0.29, 0.717) is 6.04 Å². The zero-order valence-corrected chi connectivity index (χ0v) is 11.2. The van der Waals surface area contributed by atoms with E-state index in [1.807, 2.05) is 11.9 Å². The highest BCUT2D eigenvalue weighted by molar-refractivity contribution is 5.81. The quantitative estimate of drug-likeness (QED) is 0.733. The first-order chi connectivity index (χ1) is 8.13. The summed E-state index contributed by atoms with van der Waals surface area (Å²) in [5.41, 5.74) is 5.51. The van der Waals surface area contributed by atoms with Crippen LogP contribution in [0.15, 0.2) is 0 Å². The minimum absolute atomic E-state index is 0.00458. The zero-order chi connectivity index (χ0) is 12.8. The Morgan fingerprint density at radius 1 is 1.53 bits per heavy atom. The van der Waals surface area contributed by atoms with Gasteiger partial charge in [-0.2, -0.15) is 0 Å². The second-order valence-corrected chi connectivity index (χ2v) is 4.57. The summed E-state index contributed by atoms with van der Waals surface area (Å²) in [6, 6.07) is 0.328. The Balaban J connectivity index is 2.47. The highest BCUT2D eigenvalue weighted by atomic mass is 16.5. The molecule has 0 aliphatic carbocycles. The fourth-order valence-corrected chi connectivity index (χ4v) is 2.33. The van der Waals surface area contributed by atoms with Crippen LogP contribution in [-0.2, 0) is 9.53 Å². The maximum Gasteiger partial charge on any atom is 0.252 e. The standard InChI is InChI=1S/C12H25N3O2/c1-4-15-7-5-10(6-8-15)14(2)12(16)11(9-13)17-3/h10-11H,4-9,13H2,1-3H3. The average Bonchev–Trinajstić information content (AvgIpc) is 2.39. The van der Waals surface area contributed by atoms with Gasteiger partial charge in [0, 0.05) is 39.8 Å². The molecule has 1 aliphatic heterocycles. The molecule has 100 valence electrons. The second-order valence-electron chi connectivity index (χ2n) is 4.57. The van der Waals surface area contributed by atoms with Crippen molar-refractivity contribution in [2.24, 2.45) is 5.73 Å². The van der Waals surface area contributed by atoms with Crippen molar-refractivity contribution in [3.05, 3.63) is 0 Å². The van der Waals surface area contributed by atoms with Gasteiger partial charge < -0.3 is 20.3 Å². The van der Waals surface area contributed by atoms with Crippen LogP contribution in [0, 0.1) is 0 Å². The van der Waals surface area contributed by atoms with Gasteiger partial charge in [-0.1, -0.05) is 6.92 Å². The molecule has 5 heteroatoms. The number of amides is 1. The fourth-order valence-electron chi connectivity index (χ4n) is 2.33. The maximum atomic E-state index is 12.1. The molecule has 1 rings (SSSR count). The molecule has 1 aliphatic rings. The maximum absolute atomic E-state index is 12.1. The number of rotatable bonds is 5. The number of likely N-dealkylation sites (N-methyl/N-ethyl adjacent to an activating group) is 1. The van der Waals surface area contributed by atoms with Gasteiger partial charge in [0.15, 0.2) is 0 Å². The van der Waals surface area contributed by atoms with Gasteiger partial charge in [-0.3, -0.25) is 4.79 Å². The molecule has 1 atom stereocenters. The van der Waals surface area contributed by atoms with E-state index in [-0.39, 0.29) is 12.5 Å². The van der Waals surface area contributed by atoms with Crippen LogP contribution in [0.3, 0.4) is 0 Å². The van der Waals surface area contributed by atoms with Crippen molar-refractivity contribution in [1.82, 2.24) is 9.80 Å². The number of piperidine rings is 1. The summed E-state index contributed by atoms with van der Waals surface area (Å²) >= 11 is 0. The van der Waals surface area contributed by atoms with E-state index in [9.17, 15) is 4.79 Å². The number of likely N-dealkylation sites (tertiary alicyclic amines) is 1. The van der Waals surface area contributed by atoms with Gasteiger partial charge in [0.25, 0.3) is 5.91 Å². The van der Waals surface area contributed by atoms with Crippen molar-refractivity contribution in [3.8, 4) is 0 Å². The van der Waals surface area contributed by atoms with Gasteiger partial charge in [-0.25, -0.2) is 0 Å². The van der Waals surface area contributed by atoms with Gasteiger partial charge in [0.2, 0.25) is 0 Å². The van der Waals surface area contributed by atoms with Crippen molar-refractivity contribution >= 4 is 5.91 Å². The first-order valence-electron chi connectivity index (χ1n) is 6.35. The van der Waals surface area contributed by atoms with Crippen LogP contribution < -0.4 is 5.73 Å². The zero-order valence-electron chi connectivity index (χ0n) is 11.2. The molecule has 1 amide bonds. The number of carbonyl (C=O) groups excluding carboxylic acids is 1. The number of ether oxygens (including phenoxy) is 1. The predicted molar refractivity (Wildman–Crippen MR) is 67.8 cm³/mol. The van der Waals surface area contributed by atoms with Crippen LogP contribution in [0.4, 0.5) is 0 Å². The molecule has 0 aromatic carbocycles. The lowest BCUT2D eigenvalue weighted by atomic mass is 10.0. The molecular weight excluding hydrogens is 218 g/mol. The van der Waals surface area contributed by atoms with Crippen molar-refractivity contribution < 1.29 is 9.53 Å². The van der Waals surface area contributed by atoms with Crippen LogP contribution in [0.5, 0.6) is 0 Å². The van der Waals surface area contributed by atoms with E-state index in [1.54, 1.807) is 0 Å². The van der Waals surface area contributed by atoms with Crippen LogP contribution >= 0.6 is 0 Å². The molecule has 0 spiro atoms. The van der Waals surface area contributed by atoms with E-state index in [4.69, 9.17) is 10.5 Å². The summed E-state index contributed by atoms with van der Waals surface area (Å²) in [4.78, 5) is 16.3. The van der Waals surface area contributed by atoms with Gasteiger partial charge in [0.05, 0.1) is 0 Å². The Morgan fingerprint density at radius 3 is 2.53 bits per heavy atom. The van der Waals surface area contributed by atoms with Crippen LogP contribution in [0.2, 0.25) is 0 Å². The third-order valence-electron chi connectivity index (χ3n) is 3.67. The predicted octanol–water partition coefficient (Wildman–Crippen LogP) is -0.0972. The van der Waals surface area contributed by atoms with Gasteiger partial charge in [-0.15, -0.1) is 0 Å². The lowest BCUT2D eigenvalue weighted by Crippen LogP contribution is -2.50. The molecule has 1 unspecified atom stereocenters. The Morgan fingerprint density at radius 2 is 2.12 bits per heavy atom. The molecule has 5 nitrogen and oxygen atoms in total. The lowest BCUT2D eigenvalue weighted by Gasteiger charge is -2.37. The largest absolute Gasteiger partial charge is 0.370 e. The molecule has 0 radical (unpaired) electrons. The van der Waals surface area contributed by atoms with E-state index in [1.165, 1.54) is 7.11 Å². The van der Waals surface area contributed by atoms with Crippen LogP contribution in [0.1, 0.15) is 19.8 Å². The molecule has 0 bridgehead atoms. The van der Waals surface area contributed by atoms with Crippen molar-refractivity contribution in [3.63, 3.8) is 0 Å². The van der Waals surface area contributed by atoms with E-state index >= 15 is 0 Å². The van der Waals surface area contributed by atoms with E-state index < -0.39 is 6.10 Å². The van der Waals surface area contributed by atoms with Crippen molar-refractivity contribution in [2.45, 2.75) is 31.9 Å². The molecule has 2 N–H and O–H groups in total. The summed E-state index contributed by atoms with van der Waals surface area (Å²) in [6.07, 6.45) is 1.58. The van der Waals surface area contributed by atoms with Crippen molar-refractivity contribution in [2.75, 3.05) is 40.3 Å². The monoisotopic (exact) mass is 243 g/mol. The summed E-state index contributed by atoms with van der Waals surface area (Å²) < 4.78 is 5.09. The van der Waals surface area contributed by atoms with Crippen LogP contribution in [-0.4, -0.2) is 68.2 Å². The number of hydrogen-bond acceptors (Lipinski definition) is 4. The van der Waals surface area contributed by atoms with Gasteiger partial charge >= 0.3 is 0 Å². The topological polar surface area (TPSA) is 58.8 Å². The summed E-state index contributed by atoms with van der Waals surface area (Å²) in [6.45, 7) is 5.64. The molecular formula is C12H25N3O2. The van der Waals surface area contributed by atoms with Gasteiger partial charge in [0.1, 0.15) is 6.10 Å². The number of hydrogen-bond donors (Lipinski definition) is 1. The number of nitrogens with zero attached hydrogens (tertiary/aromatic N) is 2.